The van der Waals surface area contributed by atoms with Gasteiger partial charge in [-0.25, -0.2) is 15.0 Å². The number of imidazole rings is 1. The van der Waals surface area contributed by atoms with E-state index in [2.05, 4.69) is 69.5 Å². The minimum Gasteiger partial charge on any atom is -0.394 e. The van der Waals surface area contributed by atoms with Gasteiger partial charge < -0.3 is 25.4 Å². The molecule has 1 aliphatic rings. The van der Waals surface area contributed by atoms with Gasteiger partial charge in [0.05, 0.1) is 19.5 Å². The van der Waals surface area contributed by atoms with E-state index in [0.717, 1.165) is 10.9 Å². The maximum absolute atomic E-state index is 11.0. The van der Waals surface area contributed by atoms with Gasteiger partial charge in [-0.05, 0) is 37.9 Å². The van der Waals surface area contributed by atoms with Crippen molar-refractivity contribution in [2.75, 3.05) is 12.3 Å². The zero-order valence-corrected chi connectivity index (χ0v) is 19.2. The molecule has 4 N–H and O–H groups in total. The molecule has 0 aliphatic carbocycles. The Morgan fingerprint density at radius 3 is 2.50 bits per heavy atom. The van der Waals surface area contributed by atoms with Gasteiger partial charge in [0.1, 0.15) is 30.2 Å². The molecule has 9 heteroatoms. The lowest BCUT2D eigenvalue weighted by atomic mass is 9.92. The fourth-order valence-electron chi connectivity index (χ4n) is 5.44. The summed E-state index contributed by atoms with van der Waals surface area (Å²) in [6.07, 6.45) is -0.481. The number of nitrogens with zero attached hydrogens (tertiary/aromatic N) is 4. The van der Waals surface area contributed by atoms with Crippen LogP contribution in [0.3, 0.4) is 0 Å². The first-order valence-electron chi connectivity index (χ1n) is 11.8. The van der Waals surface area contributed by atoms with Gasteiger partial charge in [-0.3, -0.25) is 4.57 Å². The summed E-state index contributed by atoms with van der Waals surface area (Å²) in [4.78, 5) is 12.6. The van der Waals surface area contributed by atoms with E-state index in [4.69, 9.17) is 15.2 Å². The smallest absolute Gasteiger partial charge is 0.167 e. The maximum atomic E-state index is 11.0. The summed E-state index contributed by atoms with van der Waals surface area (Å²) in [7, 11) is 0. The van der Waals surface area contributed by atoms with Gasteiger partial charge >= 0.3 is 0 Å². The number of ether oxygens (including phenoxy) is 2. The zero-order valence-electron chi connectivity index (χ0n) is 19.2. The number of aliphatic hydroxyl groups is 2. The van der Waals surface area contributed by atoms with Gasteiger partial charge in [0.15, 0.2) is 17.7 Å². The quantitative estimate of drug-likeness (QED) is 0.320. The Bertz CT molecular complexity index is 1720. The molecular weight excluding hydrogens is 458 g/mol. The predicted octanol–water partition coefficient (Wildman–Crippen LogP) is 3.14. The monoisotopic (exact) mass is 481 g/mol. The first-order valence-corrected chi connectivity index (χ1v) is 11.8. The van der Waals surface area contributed by atoms with Gasteiger partial charge in [0.25, 0.3) is 0 Å². The van der Waals surface area contributed by atoms with Crippen LogP contribution in [0.2, 0.25) is 0 Å². The van der Waals surface area contributed by atoms with Crippen LogP contribution in [0.25, 0.3) is 43.5 Å². The molecule has 0 amide bonds. The summed E-state index contributed by atoms with van der Waals surface area (Å²) in [5, 5.41) is 27.9. The topological polar surface area (TPSA) is 129 Å². The summed E-state index contributed by atoms with van der Waals surface area (Å²) in [6.45, 7) is -0.0995. The van der Waals surface area contributed by atoms with E-state index in [-0.39, 0.29) is 19.0 Å². The number of hydrogen-bond donors (Lipinski definition) is 3. The molecule has 0 radical (unpaired) electrons. The van der Waals surface area contributed by atoms with Crippen molar-refractivity contribution in [3.8, 4) is 0 Å². The second kappa shape index (κ2) is 8.07. The lowest BCUT2D eigenvalue weighted by Crippen LogP contribution is -2.35. The van der Waals surface area contributed by atoms with E-state index in [1.165, 1.54) is 33.3 Å². The van der Waals surface area contributed by atoms with Gasteiger partial charge in [0.2, 0.25) is 0 Å². The highest BCUT2D eigenvalue weighted by molar-refractivity contribution is 6.23. The number of anilines is 1. The highest BCUT2D eigenvalue weighted by atomic mass is 16.6. The minimum absolute atomic E-state index is 0.248. The molecule has 0 spiro atoms. The average molecular weight is 482 g/mol. The highest BCUT2D eigenvalue weighted by Gasteiger charge is 2.46. The first-order chi connectivity index (χ1) is 17.6. The third-order valence-corrected chi connectivity index (χ3v) is 7.20. The fourth-order valence-corrected chi connectivity index (χ4v) is 5.44. The Hall–Kier alpha value is -3.89. The average Bonchev–Trinajstić information content (AvgIpc) is 3.47. The van der Waals surface area contributed by atoms with E-state index >= 15 is 0 Å². The van der Waals surface area contributed by atoms with E-state index in [1.807, 2.05) is 0 Å². The van der Waals surface area contributed by atoms with Crippen molar-refractivity contribution < 1.29 is 19.7 Å². The lowest BCUT2D eigenvalue weighted by Gasteiger charge is -2.23. The number of hydrogen-bond acceptors (Lipinski definition) is 8. The molecule has 2 aromatic heterocycles. The Morgan fingerprint density at radius 1 is 0.944 bits per heavy atom. The molecule has 180 valence electrons. The SMILES string of the molecule is Nc1ncnc2c1ncn2[C@@H]1O[C@H](CO)C(O)C1OCc1ccc2ccc3cccc4ccc1c2c34. The molecule has 0 saturated carbocycles. The van der Waals surface area contributed by atoms with E-state index in [9.17, 15) is 10.2 Å². The standard InChI is InChI=1S/C27H23N5O4/c28-25-22-26(30-12-29-25)32(13-31-22)27-24(23(34)19(10-33)36-27)35-11-17-7-6-16-5-4-14-2-1-3-15-8-9-18(17)21(16)20(14)15/h1-9,12-13,19,23-24,27,33-34H,10-11H2,(H2,28,29,30)/t19-,23?,24?,27-/m1/s1. The molecule has 7 rings (SSSR count). The van der Waals surface area contributed by atoms with Crippen molar-refractivity contribution in [2.24, 2.45) is 0 Å². The van der Waals surface area contributed by atoms with Crippen molar-refractivity contribution in [2.45, 2.75) is 31.1 Å². The molecular formula is C27H23N5O4. The summed E-state index contributed by atoms with van der Waals surface area (Å²) in [6, 6.07) is 19.0. The van der Waals surface area contributed by atoms with E-state index in [0.29, 0.717) is 11.2 Å². The van der Waals surface area contributed by atoms with Crippen molar-refractivity contribution in [1.29, 1.82) is 0 Å². The van der Waals surface area contributed by atoms with Crippen LogP contribution >= 0.6 is 0 Å². The maximum Gasteiger partial charge on any atom is 0.167 e. The molecule has 9 nitrogen and oxygen atoms in total. The number of benzene rings is 4. The van der Waals surface area contributed by atoms with Crippen LogP contribution in [0.4, 0.5) is 5.82 Å². The largest absolute Gasteiger partial charge is 0.394 e. The van der Waals surface area contributed by atoms with E-state index < -0.39 is 24.5 Å². The number of aliphatic hydroxyl groups excluding tert-OH is 2. The highest BCUT2D eigenvalue weighted by Crippen LogP contribution is 2.38. The lowest BCUT2D eigenvalue weighted by molar-refractivity contribution is -0.0758. The molecule has 1 aliphatic heterocycles. The first kappa shape index (κ1) is 21.4. The molecule has 3 heterocycles. The van der Waals surface area contributed by atoms with Gasteiger partial charge in [-0.1, -0.05) is 54.6 Å². The van der Waals surface area contributed by atoms with E-state index in [1.54, 1.807) is 10.9 Å². The summed E-state index contributed by atoms with van der Waals surface area (Å²) in [5.41, 5.74) is 7.85. The third-order valence-electron chi connectivity index (χ3n) is 7.20. The van der Waals surface area contributed by atoms with Crippen molar-refractivity contribution >= 4 is 49.3 Å². The molecule has 4 aromatic carbocycles. The van der Waals surface area contributed by atoms with Crippen molar-refractivity contribution in [3.63, 3.8) is 0 Å². The molecule has 1 saturated heterocycles. The number of rotatable bonds is 5. The molecule has 0 bridgehead atoms. The van der Waals surface area contributed by atoms with Gasteiger partial charge in [-0.15, -0.1) is 0 Å². The van der Waals surface area contributed by atoms with Gasteiger partial charge in [-0.2, -0.15) is 0 Å². The van der Waals surface area contributed by atoms with Crippen LogP contribution in [0, 0.1) is 0 Å². The van der Waals surface area contributed by atoms with Crippen LogP contribution in [-0.2, 0) is 16.1 Å². The molecule has 1 fully saturated rings. The number of aromatic nitrogens is 4. The zero-order chi connectivity index (χ0) is 24.4. The predicted molar refractivity (Wildman–Crippen MR) is 135 cm³/mol. The van der Waals surface area contributed by atoms with Crippen molar-refractivity contribution in [1.82, 2.24) is 19.5 Å². The number of nitrogen functional groups attached to an aromatic ring is 1. The summed E-state index contributed by atoms with van der Waals surface area (Å²) < 4.78 is 14.0. The number of fused-ring (bicyclic) bond motifs is 1. The Kier molecular flexibility index (Phi) is 4.80. The molecule has 2 unspecified atom stereocenters. The Balaban J connectivity index is 1.27. The molecule has 36 heavy (non-hydrogen) atoms. The summed E-state index contributed by atoms with van der Waals surface area (Å²) in [5.74, 6) is 0.252. The second-order valence-corrected chi connectivity index (χ2v) is 9.18. The Morgan fingerprint density at radius 2 is 1.69 bits per heavy atom. The van der Waals surface area contributed by atoms with Crippen LogP contribution < -0.4 is 5.73 Å². The second-order valence-electron chi connectivity index (χ2n) is 9.18. The van der Waals surface area contributed by atoms with Crippen LogP contribution in [0.5, 0.6) is 0 Å². The molecule has 4 atom stereocenters. The molecule has 6 aromatic rings. The summed E-state index contributed by atoms with van der Waals surface area (Å²) >= 11 is 0. The number of nitrogens with two attached hydrogens (primary N) is 1. The minimum atomic E-state index is -1.04. The Labute approximate surface area is 205 Å². The van der Waals surface area contributed by atoms with Crippen molar-refractivity contribution in [3.05, 3.63) is 72.8 Å². The van der Waals surface area contributed by atoms with Crippen LogP contribution in [0.1, 0.15) is 11.8 Å². The van der Waals surface area contributed by atoms with Crippen LogP contribution in [0.15, 0.2) is 67.3 Å². The van der Waals surface area contributed by atoms with Gasteiger partial charge in [0, 0.05) is 0 Å². The third kappa shape index (κ3) is 3.07. The van der Waals surface area contributed by atoms with Crippen LogP contribution in [-0.4, -0.2) is 54.7 Å². The fraction of sp³-hybridized carbons (Fsp3) is 0.222. The normalized spacial score (nSPS) is 22.5.